The van der Waals surface area contributed by atoms with Gasteiger partial charge < -0.3 is 29.1 Å². The number of ether oxygens (including phenoxy) is 3. The normalized spacial score (nSPS) is 16.9. The Morgan fingerprint density at radius 3 is 2.52 bits per heavy atom. The molecule has 0 bridgehead atoms. The number of carbonyl (C=O) groups is 1. The highest BCUT2D eigenvalue weighted by molar-refractivity contribution is 7.89. The molecule has 1 aromatic heterocycles. The summed E-state index contributed by atoms with van der Waals surface area (Å²) in [5.41, 5.74) is 0.827. The topological polar surface area (TPSA) is 137 Å². The van der Waals surface area contributed by atoms with Crippen LogP contribution in [0.2, 0.25) is 0 Å². The molecular weight excluding hydrogens is 540 g/mol. The van der Waals surface area contributed by atoms with E-state index >= 15 is 0 Å². The van der Waals surface area contributed by atoms with Crippen LogP contribution >= 0.6 is 0 Å². The van der Waals surface area contributed by atoms with Gasteiger partial charge in [-0.3, -0.25) is 4.84 Å². The average molecular weight is 573 g/mol. The zero-order chi connectivity index (χ0) is 28.0. The summed E-state index contributed by atoms with van der Waals surface area (Å²) < 4.78 is 49.8. The van der Waals surface area contributed by atoms with Crippen molar-refractivity contribution in [3.05, 3.63) is 72.7 Å². The van der Waals surface area contributed by atoms with Gasteiger partial charge in [-0.15, -0.1) is 0 Å². The molecule has 0 unspecified atom stereocenters. The fraction of sp³-hybridized carbons (Fsp3) is 0.393. The fourth-order valence-electron chi connectivity index (χ4n) is 4.69. The molecular formula is C28H32N2O9S. The van der Waals surface area contributed by atoms with Crippen molar-refractivity contribution in [3.63, 3.8) is 0 Å². The van der Waals surface area contributed by atoms with Crippen molar-refractivity contribution in [2.75, 3.05) is 19.8 Å². The summed E-state index contributed by atoms with van der Waals surface area (Å²) in [4.78, 5) is 18.6. The van der Waals surface area contributed by atoms with E-state index in [1.54, 1.807) is 0 Å². The Balaban J connectivity index is 1.38. The van der Waals surface area contributed by atoms with Crippen LogP contribution in [0.15, 0.2) is 76.4 Å². The van der Waals surface area contributed by atoms with Crippen molar-refractivity contribution in [2.24, 2.45) is 0 Å². The van der Waals surface area contributed by atoms with E-state index in [1.165, 1.54) is 36.8 Å². The van der Waals surface area contributed by atoms with Crippen LogP contribution in [-0.4, -0.2) is 62.1 Å². The first-order valence-corrected chi connectivity index (χ1v) is 14.6. The zero-order valence-electron chi connectivity index (χ0n) is 21.8. The molecule has 11 nitrogen and oxygen atoms in total. The number of aliphatic hydroxyl groups excluding tert-OH is 1. The van der Waals surface area contributed by atoms with E-state index in [-0.39, 0.29) is 23.2 Å². The van der Waals surface area contributed by atoms with E-state index in [9.17, 15) is 18.3 Å². The third-order valence-corrected chi connectivity index (χ3v) is 8.38. The van der Waals surface area contributed by atoms with Crippen LogP contribution in [0.5, 0.6) is 17.2 Å². The average Bonchev–Trinajstić information content (AvgIpc) is 3.67. The molecule has 0 saturated heterocycles. The van der Waals surface area contributed by atoms with Crippen LogP contribution in [0.4, 0.5) is 4.79 Å². The van der Waals surface area contributed by atoms with Gasteiger partial charge in [0.1, 0.15) is 19.5 Å². The number of fused-ring (bicyclic) bond motifs is 1. The molecule has 2 atom stereocenters. The van der Waals surface area contributed by atoms with Crippen molar-refractivity contribution in [3.8, 4) is 17.2 Å². The number of hydrogen-bond donors (Lipinski definition) is 2. The van der Waals surface area contributed by atoms with E-state index in [0.29, 0.717) is 37.6 Å². The second-order valence-corrected chi connectivity index (χ2v) is 11.5. The van der Waals surface area contributed by atoms with Gasteiger partial charge >= 0.3 is 6.09 Å². The predicted molar refractivity (Wildman–Crippen MR) is 142 cm³/mol. The molecule has 1 aliphatic heterocycles. The molecule has 214 valence electrons. The number of sulfonamides is 1. The van der Waals surface area contributed by atoms with Crippen molar-refractivity contribution >= 4 is 16.1 Å². The molecule has 2 aromatic carbocycles. The maximum Gasteiger partial charge on any atom is 0.413 e. The lowest BCUT2D eigenvalue weighted by atomic mass is 10.0. The molecule has 3 aromatic rings. The maximum atomic E-state index is 13.8. The summed E-state index contributed by atoms with van der Waals surface area (Å²) in [6.07, 6.45) is 3.59. The first kappa shape index (κ1) is 28.0. The van der Waals surface area contributed by atoms with Gasteiger partial charge in [0.05, 0.1) is 36.0 Å². The van der Waals surface area contributed by atoms with Gasteiger partial charge in [-0.2, -0.15) is 0 Å². The summed E-state index contributed by atoms with van der Waals surface area (Å²) in [6, 6.07) is 14.1. The van der Waals surface area contributed by atoms with Gasteiger partial charge in [0.25, 0.3) is 10.0 Å². The molecule has 2 N–H and O–H groups in total. The highest BCUT2D eigenvalue weighted by Gasteiger charge is 2.35. The lowest BCUT2D eigenvalue weighted by Crippen LogP contribution is -2.51. The number of hydrogen-bond acceptors (Lipinski definition) is 9. The minimum absolute atomic E-state index is 0.0612. The molecule has 1 saturated carbocycles. The molecule has 1 amide bonds. The van der Waals surface area contributed by atoms with Crippen LogP contribution in [0, 0.1) is 0 Å². The largest absolute Gasteiger partial charge is 0.486 e. The Labute approximate surface area is 232 Å². The summed E-state index contributed by atoms with van der Waals surface area (Å²) in [6.45, 7) is 0.247. The molecule has 2 heterocycles. The third-order valence-electron chi connectivity index (χ3n) is 6.76. The number of nitrogens with zero attached hydrogens (tertiary/aromatic N) is 1. The number of furan rings is 1. The number of hydroxylamine groups is 1. The van der Waals surface area contributed by atoms with E-state index in [4.69, 9.17) is 23.5 Å². The van der Waals surface area contributed by atoms with E-state index in [0.717, 1.165) is 22.9 Å². The summed E-state index contributed by atoms with van der Waals surface area (Å²) >= 11 is 0. The number of amides is 1. The van der Waals surface area contributed by atoms with Gasteiger partial charge in [-0.25, -0.2) is 13.2 Å². The molecule has 0 radical (unpaired) electrons. The van der Waals surface area contributed by atoms with Gasteiger partial charge in [-0.05, 0) is 37.0 Å². The highest BCUT2D eigenvalue weighted by atomic mass is 32.2. The van der Waals surface area contributed by atoms with Gasteiger partial charge in [0, 0.05) is 12.1 Å². The second kappa shape index (κ2) is 12.7. The van der Waals surface area contributed by atoms with E-state index in [1.807, 2.05) is 30.3 Å². The predicted octanol–water partition coefficient (Wildman–Crippen LogP) is 3.68. The number of aliphatic hydroxyl groups is 1. The first-order valence-electron chi connectivity index (χ1n) is 13.2. The lowest BCUT2D eigenvalue weighted by molar-refractivity contribution is -0.145. The molecule has 0 spiro atoms. The van der Waals surface area contributed by atoms with Crippen LogP contribution in [0.25, 0.3) is 0 Å². The first-order chi connectivity index (χ1) is 19.4. The van der Waals surface area contributed by atoms with E-state index in [2.05, 4.69) is 5.32 Å². The number of benzene rings is 2. The lowest BCUT2D eigenvalue weighted by Gasteiger charge is -2.30. The Bertz CT molecular complexity index is 1360. The molecule has 40 heavy (non-hydrogen) atoms. The van der Waals surface area contributed by atoms with Gasteiger partial charge in [0.2, 0.25) is 0 Å². The van der Waals surface area contributed by atoms with Crippen LogP contribution in [0.1, 0.15) is 31.2 Å². The monoisotopic (exact) mass is 572 g/mol. The van der Waals surface area contributed by atoms with Crippen LogP contribution < -0.4 is 19.5 Å². The maximum absolute atomic E-state index is 13.8. The Morgan fingerprint density at radius 1 is 1.05 bits per heavy atom. The number of rotatable bonds is 11. The number of nitrogens with one attached hydrogen (secondary N) is 1. The Morgan fingerprint density at radius 2 is 1.80 bits per heavy atom. The summed E-state index contributed by atoms with van der Waals surface area (Å²) in [7, 11) is -4.23. The Hall–Kier alpha value is -3.58. The SMILES string of the molecule is O=C(N[C@@H](Cc1ccccc1)[C@@H](O)CN(OC1CCCC1)S(=O)(=O)c1ccc2c(c1)OCCO2)Oc1ccoc1. The molecule has 1 fully saturated rings. The highest BCUT2D eigenvalue weighted by Crippen LogP contribution is 2.34. The molecule has 5 rings (SSSR count). The fourth-order valence-corrected chi connectivity index (χ4v) is 6.00. The summed E-state index contributed by atoms with van der Waals surface area (Å²) in [5.74, 6) is 0.967. The smallest absolute Gasteiger partial charge is 0.413 e. The molecule has 12 heteroatoms. The Kier molecular flexibility index (Phi) is 8.90. The van der Waals surface area contributed by atoms with E-state index < -0.39 is 34.8 Å². The van der Waals surface area contributed by atoms with Crippen molar-refractivity contribution in [1.82, 2.24) is 9.79 Å². The van der Waals surface area contributed by atoms with Crippen LogP contribution in [0.3, 0.4) is 0 Å². The zero-order valence-corrected chi connectivity index (χ0v) is 22.6. The minimum atomic E-state index is -4.23. The molecule has 2 aliphatic rings. The quantitative estimate of drug-likeness (QED) is 0.330. The summed E-state index contributed by atoms with van der Waals surface area (Å²) in [5, 5.41) is 14.0. The van der Waals surface area contributed by atoms with Crippen molar-refractivity contribution in [1.29, 1.82) is 0 Å². The van der Waals surface area contributed by atoms with Gasteiger partial charge in [-0.1, -0.05) is 47.6 Å². The minimum Gasteiger partial charge on any atom is -0.486 e. The standard InChI is InChI=1S/C28H32N2O9S/c31-25(24(16-20-6-2-1-3-7-20)29-28(32)38-22-12-13-35-19-22)18-30(39-21-8-4-5-9-21)40(33,34)23-10-11-26-27(17-23)37-15-14-36-26/h1-3,6-7,10-13,17,19,21,24-25,31H,4-5,8-9,14-16,18H2,(H,29,32)/t24-,25-/m0/s1. The number of carbonyl (C=O) groups excluding carboxylic acids is 1. The third kappa shape index (κ3) is 6.94. The van der Waals surface area contributed by atoms with Crippen molar-refractivity contribution in [2.45, 2.75) is 55.2 Å². The van der Waals surface area contributed by atoms with Gasteiger partial charge in [0.15, 0.2) is 17.2 Å². The van der Waals surface area contributed by atoms with Crippen molar-refractivity contribution < 1.29 is 41.8 Å². The second-order valence-electron chi connectivity index (χ2n) is 9.66. The van der Waals surface area contributed by atoms with Crippen LogP contribution in [-0.2, 0) is 21.3 Å². The molecule has 1 aliphatic carbocycles.